The molecule has 2 aromatic carbocycles. The van der Waals surface area contributed by atoms with Gasteiger partial charge in [-0.3, -0.25) is 4.79 Å². The standard InChI is InChI=1S/C15H9NO3/c16-9-10-5-7-11(8-6-10)14(17)12-3-1-2-4-13(12)15(18)19/h1-8H,(H,18,19). The number of nitriles is 1. The van der Waals surface area contributed by atoms with Crippen molar-refractivity contribution in [2.24, 2.45) is 0 Å². The average Bonchev–Trinajstić information content (AvgIpc) is 2.46. The van der Waals surface area contributed by atoms with E-state index in [-0.39, 0.29) is 16.9 Å². The molecule has 0 aliphatic heterocycles. The Morgan fingerprint density at radius 2 is 1.53 bits per heavy atom. The Labute approximate surface area is 109 Å². The van der Waals surface area contributed by atoms with Gasteiger partial charge in [-0.2, -0.15) is 5.26 Å². The summed E-state index contributed by atoms with van der Waals surface area (Å²) >= 11 is 0. The minimum atomic E-state index is -1.14. The zero-order valence-electron chi connectivity index (χ0n) is 9.83. The molecule has 0 saturated carbocycles. The van der Waals surface area contributed by atoms with E-state index in [4.69, 9.17) is 10.4 Å². The van der Waals surface area contributed by atoms with E-state index in [9.17, 15) is 9.59 Å². The van der Waals surface area contributed by atoms with Crippen LogP contribution in [0.15, 0.2) is 48.5 Å². The Morgan fingerprint density at radius 3 is 2.05 bits per heavy atom. The predicted molar refractivity (Wildman–Crippen MR) is 68.0 cm³/mol. The Hall–Kier alpha value is -2.93. The Bertz CT molecular complexity index is 681. The number of aromatic carboxylic acids is 1. The lowest BCUT2D eigenvalue weighted by molar-refractivity contribution is 0.0693. The molecule has 0 heterocycles. The molecule has 0 aliphatic rings. The summed E-state index contributed by atoms with van der Waals surface area (Å²) in [4.78, 5) is 23.3. The van der Waals surface area contributed by atoms with Crippen molar-refractivity contribution in [2.75, 3.05) is 0 Å². The predicted octanol–water partition coefficient (Wildman–Crippen LogP) is 2.49. The summed E-state index contributed by atoms with van der Waals surface area (Å²) in [5.74, 6) is -1.51. The second-order valence-electron chi connectivity index (χ2n) is 3.87. The summed E-state index contributed by atoms with van der Waals surface area (Å²) in [6.07, 6.45) is 0. The summed E-state index contributed by atoms with van der Waals surface area (Å²) in [6.45, 7) is 0. The van der Waals surface area contributed by atoms with Crippen molar-refractivity contribution < 1.29 is 14.7 Å². The van der Waals surface area contributed by atoms with Gasteiger partial charge in [0.1, 0.15) is 0 Å². The van der Waals surface area contributed by atoms with Gasteiger partial charge in [-0.15, -0.1) is 0 Å². The zero-order chi connectivity index (χ0) is 13.8. The lowest BCUT2D eigenvalue weighted by Gasteiger charge is -2.05. The number of hydrogen-bond donors (Lipinski definition) is 1. The van der Waals surface area contributed by atoms with Crippen molar-refractivity contribution in [3.63, 3.8) is 0 Å². The van der Waals surface area contributed by atoms with E-state index in [0.29, 0.717) is 11.1 Å². The van der Waals surface area contributed by atoms with Gasteiger partial charge in [-0.25, -0.2) is 4.79 Å². The number of nitrogens with zero attached hydrogens (tertiary/aromatic N) is 1. The maximum absolute atomic E-state index is 12.2. The molecule has 2 aromatic rings. The summed E-state index contributed by atoms with van der Waals surface area (Å²) in [6, 6.07) is 14.1. The largest absolute Gasteiger partial charge is 0.478 e. The fourth-order valence-corrected chi connectivity index (χ4v) is 1.72. The third kappa shape index (κ3) is 2.50. The van der Waals surface area contributed by atoms with Gasteiger partial charge in [0, 0.05) is 11.1 Å². The van der Waals surface area contributed by atoms with E-state index in [0.717, 1.165) is 0 Å². The number of carbonyl (C=O) groups excluding carboxylic acids is 1. The molecule has 0 aliphatic carbocycles. The van der Waals surface area contributed by atoms with Crippen LogP contribution in [0.25, 0.3) is 0 Å². The number of carboxylic acids is 1. The first-order chi connectivity index (χ1) is 9.13. The van der Waals surface area contributed by atoms with Gasteiger partial charge in [0.25, 0.3) is 0 Å². The lowest BCUT2D eigenvalue weighted by Crippen LogP contribution is -2.09. The van der Waals surface area contributed by atoms with Crippen LogP contribution in [-0.4, -0.2) is 16.9 Å². The van der Waals surface area contributed by atoms with Gasteiger partial charge in [-0.05, 0) is 30.3 Å². The van der Waals surface area contributed by atoms with Gasteiger partial charge < -0.3 is 5.11 Å². The van der Waals surface area contributed by atoms with Crippen LogP contribution in [0.5, 0.6) is 0 Å². The number of hydrogen-bond acceptors (Lipinski definition) is 3. The molecular weight excluding hydrogens is 242 g/mol. The van der Waals surface area contributed by atoms with Crippen LogP contribution in [-0.2, 0) is 0 Å². The minimum absolute atomic E-state index is 0.0307. The number of benzene rings is 2. The van der Waals surface area contributed by atoms with E-state index in [1.165, 1.54) is 36.4 Å². The first kappa shape index (κ1) is 12.5. The molecule has 0 spiro atoms. The highest BCUT2D eigenvalue weighted by Crippen LogP contribution is 2.15. The smallest absolute Gasteiger partial charge is 0.336 e. The van der Waals surface area contributed by atoms with Crippen LogP contribution in [0, 0.1) is 11.3 Å². The summed E-state index contributed by atoms with van der Waals surface area (Å²) in [5.41, 5.74) is 0.910. The Balaban J connectivity index is 2.44. The number of rotatable bonds is 3. The maximum atomic E-state index is 12.2. The molecule has 92 valence electrons. The fraction of sp³-hybridized carbons (Fsp3) is 0. The molecule has 0 bridgehead atoms. The van der Waals surface area contributed by atoms with Crippen LogP contribution >= 0.6 is 0 Å². The topological polar surface area (TPSA) is 78.2 Å². The van der Waals surface area contributed by atoms with Crippen molar-refractivity contribution in [1.29, 1.82) is 5.26 Å². The molecule has 2 rings (SSSR count). The third-order valence-corrected chi connectivity index (χ3v) is 2.68. The molecular formula is C15H9NO3. The zero-order valence-corrected chi connectivity index (χ0v) is 9.83. The van der Waals surface area contributed by atoms with Crippen LogP contribution in [0.1, 0.15) is 31.8 Å². The van der Waals surface area contributed by atoms with Crippen LogP contribution < -0.4 is 0 Å². The molecule has 4 heteroatoms. The maximum Gasteiger partial charge on any atom is 0.336 e. The lowest BCUT2D eigenvalue weighted by atomic mass is 9.98. The fourth-order valence-electron chi connectivity index (χ4n) is 1.72. The molecule has 0 atom stereocenters. The van der Waals surface area contributed by atoms with Crippen LogP contribution in [0.3, 0.4) is 0 Å². The number of carboxylic acid groups (broad SMARTS) is 1. The van der Waals surface area contributed by atoms with Gasteiger partial charge in [0.05, 0.1) is 17.2 Å². The second kappa shape index (κ2) is 5.15. The Morgan fingerprint density at radius 1 is 0.947 bits per heavy atom. The summed E-state index contributed by atoms with van der Waals surface area (Å²) < 4.78 is 0. The molecule has 0 unspecified atom stereocenters. The van der Waals surface area contributed by atoms with Gasteiger partial charge in [-0.1, -0.05) is 18.2 Å². The normalized spacial score (nSPS) is 9.63. The molecule has 0 aromatic heterocycles. The highest BCUT2D eigenvalue weighted by atomic mass is 16.4. The molecule has 0 fully saturated rings. The van der Waals surface area contributed by atoms with Gasteiger partial charge in [0.2, 0.25) is 0 Å². The van der Waals surface area contributed by atoms with E-state index in [2.05, 4.69) is 0 Å². The molecule has 19 heavy (non-hydrogen) atoms. The summed E-state index contributed by atoms with van der Waals surface area (Å²) in [7, 11) is 0. The molecule has 0 saturated heterocycles. The molecule has 4 nitrogen and oxygen atoms in total. The van der Waals surface area contributed by atoms with Crippen molar-refractivity contribution >= 4 is 11.8 Å². The SMILES string of the molecule is N#Cc1ccc(C(=O)c2ccccc2C(=O)O)cc1. The van der Waals surface area contributed by atoms with E-state index in [1.807, 2.05) is 6.07 Å². The molecule has 0 amide bonds. The highest BCUT2D eigenvalue weighted by molar-refractivity contribution is 6.14. The minimum Gasteiger partial charge on any atom is -0.478 e. The highest BCUT2D eigenvalue weighted by Gasteiger charge is 2.17. The second-order valence-corrected chi connectivity index (χ2v) is 3.87. The van der Waals surface area contributed by atoms with Crippen LogP contribution in [0.4, 0.5) is 0 Å². The van der Waals surface area contributed by atoms with Gasteiger partial charge in [0.15, 0.2) is 5.78 Å². The molecule has 0 radical (unpaired) electrons. The molecule has 1 N–H and O–H groups in total. The first-order valence-electron chi connectivity index (χ1n) is 5.50. The van der Waals surface area contributed by atoms with Crippen molar-refractivity contribution in [3.8, 4) is 6.07 Å². The van der Waals surface area contributed by atoms with Gasteiger partial charge >= 0.3 is 5.97 Å². The van der Waals surface area contributed by atoms with Crippen molar-refractivity contribution in [2.45, 2.75) is 0 Å². The van der Waals surface area contributed by atoms with Crippen LogP contribution in [0.2, 0.25) is 0 Å². The van der Waals surface area contributed by atoms with Crippen molar-refractivity contribution in [3.05, 3.63) is 70.8 Å². The first-order valence-corrected chi connectivity index (χ1v) is 5.50. The average molecular weight is 251 g/mol. The Kier molecular flexibility index (Phi) is 3.39. The van der Waals surface area contributed by atoms with E-state index >= 15 is 0 Å². The third-order valence-electron chi connectivity index (χ3n) is 2.68. The summed E-state index contributed by atoms with van der Waals surface area (Å²) in [5, 5.41) is 17.7. The van der Waals surface area contributed by atoms with E-state index in [1.54, 1.807) is 12.1 Å². The van der Waals surface area contributed by atoms with E-state index < -0.39 is 5.97 Å². The number of ketones is 1. The number of carbonyl (C=O) groups is 2. The quantitative estimate of drug-likeness (QED) is 0.850. The van der Waals surface area contributed by atoms with Crippen molar-refractivity contribution in [1.82, 2.24) is 0 Å². The monoisotopic (exact) mass is 251 g/mol.